The second-order valence-corrected chi connectivity index (χ2v) is 6.93. The Balaban J connectivity index is 1.78. The van der Waals surface area contributed by atoms with Crippen molar-refractivity contribution in [2.24, 2.45) is 0 Å². The zero-order valence-corrected chi connectivity index (χ0v) is 17.3. The molecule has 2 aromatic carbocycles. The lowest BCUT2D eigenvalue weighted by Crippen LogP contribution is -2.28. The molecular weight excluding hydrogens is 461 g/mol. The van der Waals surface area contributed by atoms with Gasteiger partial charge in [0, 0.05) is 10.1 Å². The van der Waals surface area contributed by atoms with Crippen molar-refractivity contribution in [2.45, 2.75) is 6.42 Å². The molecule has 27 heavy (non-hydrogen) atoms. The molecule has 0 unspecified atom stereocenters. The van der Waals surface area contributed by atoms with E-state index in [1.165, 1.54) is 13.3 Å². The van der Waals surface area contributed by atoms with Crippen molar-refractivity contribution >= 4 is 28.5 Å². The molecule has 142 valence electrons. The van der Waals surface area contributed by atoms with Gasteiger partial charge in [-0.15, -0.1) is 0 Å². The van der Waals surface area contributed by atoms with Gasteiger partial charge in [-0.1, -0.05) is 12.6 Å². The highest BCUT2D eigenvalue weighted by atomic mass is 127. The average molecular weight is 481 g/mol. The van der Waals surface area contributed by atoms with Crippen LogP contribution in [0.4, 0.5) is 0 Å². The van der Waals surface area contributed by atoms with E-state index in [0.29, 0.717) is 30.0 Å². The minimum absolute atomic E-state index is 0.198. The van der Waals surface area contributed by atoms with Gasteiger partial charge in [0.1, 0.15) is 0 Å². The van der Waals surface area contributed by atoms with Crippen molar-refractivity contribution in [2.75, 3.05) is 27.6 Å². The Kier molecular flexibility index (Phi) is 6.10. The fourth-order valence-corrected chi connectivity index (χ4v) is 3.59. The summed E-state index contributed by atoms with van der Waals surface area (Å²) in [6.07, 6.45) is 2.18. The van der Waals surface area contributed by atoms with E-state index in [1.54, 1.807) is 30.2 Å². The molecule has 1 aliphatic rings. The number of amides is 1. The van der Waals surface area contributed by atoms with Crippen LogP contribution in [0.5, 0.6) is 23.0 Å². The number of ether oxygens (including phenoxy) is 4. The van der Waals surface area contributed by atoms with Crippen molar-refractivity contribution < 1.29 is 23.7 Å². The van der Waals surface area contributed by atoms with Crippen LogP contribution in [0.1, 0.15) is 15.9 Å². The zero-order valence-electron chi connectivity index (χ0n) is 15.2. The lowest BCUT2D eigenvalue weighted by atomic mass is 10.1. The monoisotopic (exact) mass is 481 g/mol. The first kappa shape index (κ1) is 19.3. The summed E-state index contributed by atoms with van der Waals surface area (Å²) in [7, 11) is 3.06. The average Bonchev–Trinajstić information content (AvgIpc) is 3.14. The van der Waals surface area contributed by atoms with Gasteiger partial charge < -0.3 is 23.8 Å². The van der Waals surface area contributed by atoms with Gasteiger partial charge in [0.25, 0.3) is 5.91 Å². The maximum Gasteiger partial charge on any atom is 0.261 e. The molecule has 2 aromatic rings. The summed E-state index contributed by atoms with van der Waals surface area (Å²) >= 11 is 2.26. The first-order chi connectivity index (χ1) is 13.1. The third-order valence-corrected chi connectivity index (χ3v) is 5.28. The van der Waals surface area contributed by atoms with Crippen LogP contribution in [0.15, 0.2) is 43.1 Å². The molecule has 1 aliphatic heterocycles. The number of benzene rings is 2. The van der Waals surface area contributed by atoms with Crippen molar-refractivity contribution in [1.29, 1.82) is 0 Å². The molecule has 0 aromatic heterocycles. The molecule has 0 saturated heterocycles. The number of carbonyl (C=O) groups is 1. The van der Waals surface area contributed by atoms with Gasteiger partial charge in [0.2, 0.25) is 6.79 Å². The first-order valence-electron chi connectivity index (χ1n) is 8.31. The zero-order chi connectivity index (χ0) is 19.4. The number of para-hydroxylation sites is 1. The van der Waals surface area contributed by atoms with E-state index in [2.05, 4.69) is 29.2 Å². The van der Waals surface area contributed by atoms with Gasteiger partial charge in [0.05, 0.1) is 19.8 Å². The van der Waals surface area contributed by atoms with E-state index in [1.807, 2.05) is 12.1 Å². The van der Waals surface area contributed by atoms with E-state index in [0.717, 1.165) is 20.6 Å². The Bertz CT molecular complexity index is 868. The van der Waals surface area contributed by atoms with Crippen LogP contribution in [0.2, 0.25) is 0 Å². The Hall–Kier alpha value is -2.42. The summed E-state index contributed by atoms with van der Waals surface area (Å²) in [4.78, 5) is 14.6. The number of nitrogens with zero attached hydrogens (tertiary/aromatic N) is 1. The third-order valence-electron chi connectivity index (χ3n) is 4.28. The Morgan fingerprint density at radius 2 is 2.00 bits per heavy atom. The Morgan fingerprint density at radius 1 is 1.26 bits per heavy atom. The van der Waals surface area contributed by atoms with Crippen molar-refractivity contribution in [3.63, 3.8) is 0 Å². The SMILES string of the molecule is C=CN(CCc1cc2c(cc1I)OCO2)C(=O)c1cccc(OC)c1OC. The second-order valence-electron chi connectivity index (χ2n) is 5.77. The number of rotatable bonds is 7. The fourth-order valence-electron chi connectivity index (χ4n) is 2.88. The van der Waals surface area contributed by atoms with Crippen LogP contribution in [0.3, 0.4) is 0 Å². The number of hydrogen-bond donors (Lipinski definition) is 0. The Labute approximate surface area is 171 Å². The van der Waals surface area contributed by atoms with Gasteiger partial charge in [-0.05, 0) is 65.0 Å². The molecule has 7 heteroatoms. The highest BCUT2D eigenvalue weighted by Gasteiger charge is 2.21. The molecule has 0 bridgehead atoms. The predicted molar refractivity (Wildman–Crippen MR) is 110 cm³/mol. The Morgan fingerprint density at radius 3 is 2.67 bits per heavy atom. The number of halogens is 1. The smallest absolute Gasteiger partial charge is 0.261 e. The molecule has 0 spiro atoms. The standard InChI is InChI=1S/C20H20INO5/c1-4-22(20(23)14-6-5-7-16(24-2)19(14)25-3)9-8-13-10-17-18(11-15(13)21)27-12-26-17/h4-7,10-11H,1,8-9,12H2,2-3H3. The largest absolute Gasteiger partial charge is 0.493 e. The number of hydrogen-bond acceptors (Lipinski definition) is 5. The molecule has 0 aliphatic carbocycles. The topological polar surface area (TPSA) is 57.2 Å². The maximum atomic E-state index is 13.0. The fraction of sp³-hybridized carbons (Fsp3) is 0.250. The number of fused-ring (bicyclic) bond motifs is 1. The van der Waals surface area contributed by atoms with Gasteiger partial charge in [-0.2, -0.15) is 0 Å². The molecule has 0 N–H and O–H groups in total. The van der Waals surface area contributed by atoms with Crippen LogP contribution < -0.4 is 18.9 Å². The molecule has 0 radical (unpaired) electrons. The van der Waals surface area contributed by atoms with Crippen LogP contribution >= 0.6 is 22.6 Å². The molecule has 0 saturated carbocycles. The molecule has 1 heterocycles. The van der Waals surface area contributed by atoms with Crippen molar-refractivity contribution in [1.82, 2.24) is 4.90 Å². The summed E-state index contributed by atoms with van der Waals surface area (Å²) in [5.74, 6) is 2.21. The molecule has 3 rings (SSSR count). The number of methoxy groups -OCH3 is 2. The predicted octanol–water partition coefficient (Wildman–Crippen LogP) is 3.87. The van der Waals surface area contributed by atoms with Crippen molar-refractivity contribution in [3.8, 4) is 23.0 Å². The normalized spacial score (nSPS) is 11.8. The van der Waals surface area contributed by atoms with Crippen molar-refractivity contribution in [3.05, 3.63) is 57.8 Å². The van der Waals surface area contributed by atoms with Crippen LogP contribution in [-0.2, 0) is 6.42 Å². The third kappa shape index (κ3) is 3.97. The van der Waals surface area contributed by atoms with E-state index in [9.17, 15) is 4.79 Å². The van der Waals surface area contributed by atoms with E-state index < -0.39 is 0 Å². The first-order valence-corrected chi connectivity index (χ1v) is 9.39. The highest BCUT2D eigenvalue weighted by Crippen LogP contribution is 2.36. The lowest BCUT2D eigenvalue weighted by Gasteiger charge is -2.20. The summed E-state index contributed by atoms with van der Waals surface area (Å²) in [5, 5.41) is 0. The quantitative estimate of drug-likeness (QED) is 0.563. The van der Waals surface area contributed by atoms with E-state index >= 15 is 0 Å². The molecule has 1 amide bonds. The summed E-state index contributed by atoms with van der Waals surface area (Å²) in [6.45, 7) is 4.49. The van der Waals surface area contributed by atoms with Gasteiger partial charge >= 0.3 is 0 Å². The summed E-state index contributed by atoms with van der Waals surface area (Å²) in [6, 6.07) is 9.13. The van der Waals surface area contributed by atoms with Crippen LogP contribution in [0, 0.1) is 3.57 Å². The van der Waals surface area contributed by atoms with Gasteiger partial charge in [-0.3, -0.25) is 4.79 Å². The van der Waals surface area contributed by atoms with Crippen LogP contribution in [-0.4, -0.2) is 38.4 Å². The molecule has 0 fully saturated rings. The van der Waals surface area contributed by atoms with E-state index in [4.69, 9.17) is 18.9 Å². The second kappa shape index (κ2) is 8.51. The molecule has 0 atom stereocenters. The highest BCUT2D eigenvalue weighted by molar-refractivity contribution is 14.1. The minimum Gasteiger partial charge on any atom is -0.493 e. The van der Waals surface area contributed by atoms with E-state index in [-0.39, 0.29) is 12.7 Å². The van der Waals surface area contributed by atoms with Gasteiger partial charge in [-0.25, -0.2) is 0 Å². The summed E-state index contributed by atoms with van der Waals surface area (Å²) < 4.78 is 22.6. The van der Waals surface area contributed by atoms with Gasteiger partial charge in [0.15, 0.2) is 23.0 Å². The maximum absolute atomic E-state index is 13.0. The lowest BCUT2D eigenvalue weighted by molar-refractivity contribution is 0.0820. The molecule has 6 nitrogen and oxygen atoms in total. The molecular formula is C20H20INO5. The van der Waals surface area contributed by atoms with Crippen LogP contribution in [0.25, 0.3) is 0 Å². The number of carbonyl (C=O) groups excluding carboxylic acids is 1. The minimum atomic E-state index is -0.198. The summed E-state index contributed by atoms with van der Waals surface area (Å²) in [5.41, 5.74) is 1.51.